The fourth-order valence-electron chi connectivity index (χ4n) is 0.539. The zero-order valence-corrected chi connectivity index (χ0v) is 8.72. The fourth-order valence-corrected chi connectivity index (χ4v) is 0.539. The van der Waals surface area contributed by atoms with Gasteiger partial charge in [-0.1, -0.05) is 0 Å². The highest BCUT2D eigenvalue weighted by atomic mass is 79.9. The highest BCUT2D eigenvalue weighted by Gasteiger charge is 2.15. The van der Waals surface area contributed by atoms with Crippen LogP contribution in [0.2, 0.25) is 0 Å². The Balaban J connectivity index is 0. The summed E-state index contributed by atoms with van der Waals surface area (Å²) in [5, 5.41) is 0. The van der Waals surface area contributed by atoms with Gasteiger partial charge < -0.3 is 21.7 Å². The molecule has 0 unspecified atom stereocenters. The molecule has 0 radical (unpaired) electrons. The van der Waals surface area contributed by atoms with Crippen molar-refractivity contribution in [3.8, 4) is 0 Å². The lowest BCUT2D eigenvalue weighted by atomic mass is 10.6. The van der Waals surface area contributed by atoms with E-state index >= 15 is 0 Å². The molecule has 0 aromatic rings. The molecule has 0 heterocycles. The summed E-state index contributed by atoms with van der Waals surface area (Å²) in [4.78, 5) is 10.7. The van der Waals surface area contributed by atoms with Crippen LogP contribution in [0.25, 0.3) is 0 Å². The van der Waals surface area contributed by atoms with Crippen molar-refractivity contribution in [2.45, 2.75) is 6.92 Å². The maximum atomic E-state index is 10.7. The Morgan fingerprint density at radius 3 is 2.27 bits per heavy atom. The van der Waals surface area contributed by atoms with E-state index in [-0.39, 0.29) is 34.1 Å². The molecule has 11 heavy (non-hydrogen) atoms. The zero-order valence-electron chi connectivity index (χ0n) is 7.13. The lowest BCUT2D eigenvalue weighted by molar-refractivity contribution is -0.895. The molecule has 0 saturated carbocycles. The van der Waals surface area contributed by atoms with E-state index < -0.39 is 0 Å². The monoisotopic (exact) mass is 226 g/mol. The second-order valence-corrected chi connectivity index (χ2v) is 2.74. The molecule has 0 fully saturated rings. The number of rotatable bonds is 3. The lowest BCUT2D eigenvalue weighted by Crippen LogP contribution is -3.00. The van der Waals surface area contributed by atoms with E-state index in [0.717, 1.165) is 0 Å². The Morgan fingerprint density at radius 2 is 2.00 bits per heavy atom. The summed E-state index contributed by atoms with van der Waals surface area (Å²) in [6, 6.07) is 0. The Morgan fingerprint density at radius 1 is 1.55 bits per heavy atom. The van der Waals surface area contributed by atoms with E-state index in [0.29, 0.717) is 6.61 Å². The van der Waals surface area contributed by atoms with Crippen molar-refractivity contribution >= 4 is 5.97 Å². The van der Waals surface area contributed by atoms with E-state index in [9.17, 15) is 4.79 Å². The molecule has 0 bridgehead atoms. The molecule has 0 aromatic heterocycles. The van der Waals surface area contributed by atoms with Crippen LogP contribution in [0.15, 0.2) is 0 Å². The number of carbonyl (C=O) groups excluding carboxylic acids is 1. The van der Waals surface area contributed by atoms with Crippen LogP contribution in [0, 0.1) is 0 Å². The van der Waals surface area contributed by atoms with Crippen molar-refractivity contribution in [1.29, 1.82) is 0 Å². The van der Waals surface area contributed by atoms with Crippen molar-refractivity contribution in [2.24, 2.45) is 5.84 Å². The smallest absolute Gasteiger partial charge is 0.363 e. The molecule has 0 aromatic carbocycles. The van der Waals surface area contributed by atoms with Crippen LogP contribution in [0.1, 0.15) is 6.92 Å². The number of ether oxygens (including phenoxy) is 1. The highest BCUT2D eigenvalue weighted by molar-refractivity contribution is 5.70. The summed E-state index contributed by atoms with van der Waals surface area (Å²) in [6.45, 7) is 2.40. The predicted molar refractivity (Wildman–Crippen MR) is 37.8 cm³/mol. The highest BCUT2D eigenvalue weighted by Crippen LogP contribution is 1.86. The molecule has 0 amide bonds. The first-order valence-electron chi connectivity index (χ1n) is 3.23. The number of likely N-dealkylation sites (N-methyl/N-ethyl adjacent to an activating group) is 1. The quantitative estimate of drug-likeness (QED) is 0.235. The van der Waals surface area contributed by atoms with E-state index in [1.54, 1.807) is 21.0 Å². The van der Waals surface area contributed by atoms with Gasteiger partial charge >= 0.3 is 5.97 Å². The molecule has 0 saturated heterocycles. The van der Waals surface area contributed by atoms with Crippen molar-refractivity contribution in [3.63, 3.8) is 0 Å². The molecule has 0 aliphatic heterocycles. The normalized spacial score (nSPS) is 10.2. The molecular formula is C6H15BrN2O2. The number of hydrogen-bond acceptors (Lipinski definition) is 3. The topological polar surface area (TPSA) is 52.3 Å². The van der Waals surface area contributed by atoms with Gasteiger partial charge in [0.1, 0.15) is 0 Å². The summed E-state index contributed by atoms with van der Waals surface area (Å²) < 4.78 is 4.81. The molecule has 0 atom stereocenters. The van der Waals surface area contributed by atoms with Crippen molar-refractivity contribution in [1.82, 2.24) is 0 Å². The predicted octanol–water partition coefficient (Wildman–Crippen LogP) is -3.50. The molecule has 2 N–H and O–H groups in total. The lowest BCUT2D eigenvalue weighted by Gasteiger charge is -2.20. The minimum absolute atomic E-state index is 0. The summed E-state index contributed by atoms with van der Waals surface area (Å²) >= 11 is 0. The van der Waals surface area contributed by atoms with Crippen molar-refractivity contribution < 1.29 is 31.1 Å². The van der Waals surface area contributed by atoms with E-state index in [1.807, 2.05) is 0 Å². The first-order chi connectivity index (χ1) is 4.45. The maximum Gasteiger partial charge on any atom is 0.363 e. The van der Waals surface area contributed by atoms with Crippen LogP contribution in [0.4, 0.5) is 0 Å². The van der Waals surface area contributed by atoms with Gasteiger partial charge in [-0.05, 0) is 6.92 Å². The average molecular weight is 227 g/mol. The summed E-state index contributed by atoms with van der Waals surface area (Å²) in [5.74, 6) is 5.25. The van der Waals surface area contributed by atoms with Crippen LogP contribution >= 0.6 is 0 Å². The first-order valence-corrected chi connectivity index (χ1v) is 3.23. The Bertz CT molecular complexity index is 122. The molecule has 5 heteroatoms. The Labute approximate surface area is 77.6 Å². The van der Waals surface area contributed by atoms with E-state index in [4.69, 9.17) is 5.84 Å². The van der Waals surface area contributed by atoms with Crippen LogP contribution in [-0.4, -0.2) is 37.8 Å². The number of hydrogen-bond donors (Lipinski definition) is 1. The van der Waals surface area contributed by atoms with Gasteiger partial charge in [0.15, 0.2) is 6.54 Å². The Hall–Kier alpha value is -0.130. The first kappa shape index (κ1) is 13.5. The minimum atomic E-state index is -0.255. The third-order valence-corrected chi connectivity index (χ3v) is 0.842. The second-order valence-electron chi connectivity index (χ2n) is 2.74. The van der Waals surface area contributed by atoms with Crippen LogP contribution in [0.5, 0.6) is 0 Å². The number of nitrogens with zero attached hydrogens (tertiary/aromatic N) is 1. The third-order valence-electron chi connectivity index (χ3n) is 0.842. The summed E-state index contributed by atoms with van der Waals surface area (Å²) in [5.41, 5.74) is 0. The molecule has 68 valence electrons. The van der Waals surface area contributed by atoms with Crippen LogP contribution in [-0.2, 0) is 9.53 Å². The molecule has 0 aliphatic rings. The molecular weight excluding hydrogens is 212 g/mol. The van der Waals surface area contributed by atoms with Gasteiger partial charge in [-0.25, -0.2) is 9.39 Å². The van der Waals surface area contributed by atoms with Crippen molar-refractivity contribution in [2.75, 3.05) is 27.2 Å². The molecule has 0 spiro atoms. The van der Waals surface area contributed by atoms with Gasteiger partial charge in [0, 0.05) is 0 Å². The van der Waals surface area contributed by atoms with E-state index in [2.05, 4.69) is 4.74 Å². The zero-order chi connectivity index (χ0) is 8.20. The summed E-state index contributed by atoms with van der Waals surface area (Å²) in [7, 11) is 3.47. The number of carbonyl (C=O) groups is 1. The molecule has 0 aliphatic carbocycles. The van der Waals surface area contributed by atoms with Crippen LogP contribution < -0.4 is 22.8 Å². The van der Waals surface area contributed by atoms with Gasteiger partial charge in [-0.3, -0.25) is 0 Å². The number of halogens is 1. The molecule has 4 nitrogen and oxygen atoms in total. The third kappa shape index (κ3) is 9.87. The summed E-state index contributed by atoms with van der Waals surface area (Å²) in [6.07, 6.45) is 0. The number of esters is 1. The largest absolute Gasteiger partial charge is 1.00 e. The van der Waals surface area contributed by atoms with Crippen LogP contribution in [0.3, 0.4) is 0 Å². The van der Waals surface area contributed by atoms with Gasteiger partial charge in [0.05, 0.1) is 20.7 Å². The Kier molecular flexibility index (Phi) is 6.74. The average Bonchev–Trinajstić information content (AvgIpc) is 1.59. The number of nitrogens with two attached hydrogens (primary N) is 1. The fraction of sp³-hybridized carbons (Fsp3) is 0.833. The SMILES string of the molecule is CCOC(=O)C[N+](C)(C)N.[Br-]. The van der Waals surface area contributed by atoms with E-state index in [1.165, 1.54) is 0 Å². The standard InChI is InChI=1S/C6H15N2O2.BrH/c1-4-10-6(9)5-8(2,3)7;/h4-5,7H2,1-3H3;1H/q+1;/p-1. The van der Waals surface area contributed by atoms with Gasteiger partial charge in [0.2, 0.25) is 0 Å². The van der Waals surface area contributed by atoms with Gasteiger partial charge in [-0.15, -0.1) is 0 Å². The molecule has 0 rings (SSSR count). The van der Waals surface area contributed by atoms with Gasteiger partial charge in [-0.2, -0.15) is 5.84 Å². The maximum absolute atomic E-state index is 10.7. The van der Waals surface area contributed by atoms with Crippen molar-refractivity contribution in [3.05, 3.63) is 0 Å². The second kappa shape index (κ2) is 5.51. The number of quaternary nitrogens is 1. The minimum Gasteiger partial charge on any atom is -1.00 e. The van der Waals surface area contributed by atoms with Gasteiger partial charge in [0.25, 0.3) is 0 Å².